The molecule has 2 N–H and O–H groups in total. The average Bonchev–Trinajstić information content (AvgIpc) is 3.34. The fourth-order valence-corrected chi connectivity index (χ4v) is 4.51. The third-order valence-corrected chi connectivity index (χ3v) is 6.61. The second-order valence-electron chi connectivity index (χ2n) is 9.51. The first kappa shape index (κ1) is 27.7. The molecule has 2 aromatic heterocycles. The number of hydrogen-bond acceptors (Lipinski definition) is 6. The van der Waals surface area contributed by atoms with Crippen molar-refractivity contribution in [2.24, 2.45) is 0 Å². The van der Waals surface area contributed by atoms with Crippen molar-refractivity contribution >= 4 is 39.7 Å². The summed E-state index contributed by atoms with van der Waals surface area (Å²) >= 11 is 0. The molecule has 4 rings (SSSR count). The van der Waals surface area contributed by atoms with E-state index in [-0.39, 0.29) is 11.7 Å². The minimum atomic E-state index is -0.311. The molecule has 0 saturated carbocycles. The zero-order valence-electron chi connectivity index (χ0n) is 23.1. The number of amides is 1. The Balaban J connectivity index is 1.78. The number of hydrogen-bond donors (Lipinski definition) is 2. The normalized spacial score (nSPS) is 11.1. The van der Waals surface area contributed by atoms with Crippen LogP contribution in [0.1, 0.15) is 12.5 Å². The van der Waals surface area contributed by atoms with E-state index in [2.05, 4.69) is 32.0 Å². The number of methoxy groups -OCH3 is 1. The van der Waals surface area contributed by atoms with Crippen LogP contribution in [0.4, 0.5) is 27.3 Å². The summed E-state index contributed by atoms with van der Waals surface area (Å²) in [5.41, 5.74) is 4.70. The SMILES string of the molecule is C=CC(=O)Nc1cc(Nc2nccc(-n3ccc4ccc(F)cc43)c2CC)c(OC)cc1N(C)CCN(C)C. The molecule has 2 aromatic carbocycles. The van der Waals surface area contributed by atoms with Gasteiger partial charge in [-0.15, -0.1) is 0 Å². The van der Waals surface area contributed by atoms with Gasteiger partial charge in [0.1, 0.15) is 17.4 Å². The van der Waals surface area contributed by atoms with Gasteiger partial charge in [-0.3, -0.25) is 4.79 Å². The lowest BCUT2D eigenvalue weighted by Crippen LogP contribution is -2.29. The van der Waals surface area contributed by atoms with E-state index in [1.54, 1.807) is 19.4 Å². The fraction of sp³-hybridized carbons (Fsp3) is 0.267. The number of nitrogens with one attached hydrogen (secondary N) is 2. The number of halogens is 1. The van der Waals surface area contributed by atoms with Crippen molar-refractivity contribution < 1.29 is 13.9 Å². The molecule has 0 bridgehead atoms. The predicted molar refractivity (Wildman–Crippen MR) is 157 cm³/mol. The van der Waals surface area contributed by atoms with Gasteiger partial charge in [-0.05, 0) is 63.0 Å². The van der Waals surface area contributed by atoms with Crippen LogP contribution in [0.5, 0.6) is 5.75 Å². The number of pyridine rings is 1. The molecule has 0 spiro atoms. The van der Waals surface area contributed by atoms with Crippen molar-refractivity contribution in [2.45, 2.75) is 13.3 Å². The van der Waals surface area contributed by atoms with Crippen LogP contribution in [-0.4, -0.2) is 61.7 Å². The summed E-state index contributed by atoms with van der Waals surface area (Å²) in [7, 11) is 7.61. The lowest BCUT2D eigenvalue weighted by molar-refractivity contribution is -0.111. The number of ether oxygens (including phenoxy) is 1. The molecule has 2 heterocycles. The lowest BCUT2D eigenvalue weighted by Gasteiger charge is -2.26. The summed E-state index contributed by atoms with van der Waals surface area (Å²) in [6, 6.07) is 12.4. The number of likely N-dealkylation sites (N-methyl/N-ethyl adjacent to an activating group) is 2. The molecule has 0 aliphatic heterocycles. The van der Waals surface area contributed by atoms with E-state index in [1.807, 2.05) is 63.1 Å². The van der Waals surface area contributed by atoms with Crippen LogP contribution in [0.3, 0.4) is 0 Å². The fourth-order valence-electron chi connectivity index (χ4n) is 4.51. The van der Waals surface area contributed by atoms with E-state index in [0.29, 0.717) is 29.4 Å². The quantitative estimate of drug-likeness (QED) is 0.246. The highest BCUT2D eigenvalue weighted by Gasteiger charge is 2.18. The van der Waals surface area contributed by atoms with Crippen molar-refractivity contribution in [1.29, 1.82) is 0 Å². The van der Waals surface area contributed by atoms with E-state index in [9.17, 15) is 9.18 Å². The highest BCUT2D eigenvalue weighted by molar-refractivity contribution is 6.02. The topological polar surface area (TPSA) is 74.7 Å². The van der Waals surface area contributed by atoms with Gasteiger partial charge in [0.05, 0.1) is 35.4 Å². The molecule has 0 fully saturated rings. The van der Waals surface area contributed by atoms with Crippen molar-refractivity contribution in [1.82, 2.24) is 14.5 Å². The highest BCUT2D eigenvalue weighted by atomic mass is 19.1. The Bertz CT molecular complexity index is 1500. The van der Waals surface area contributed by atoms with Crippen LogP contribution in [0.2, 0.25) is 0 Å². The molecule has 39 heavy (non-hydrogen) atoms. The molecular weight excluding hydrogens is 495 g/mol. The van der Waals surface area contributed by atoms with Crippen molar-refractivity contribution in [3.63, 3.8) is 0 Å². The molecule has 1 amide bonds. The van der Waals surface area contributed by atoms with Gasteiger partial charge in [0, 0.05) is 49.5 Å². The summed E-state index contributed by atoms with van der Waals surface area (Å²) in [5, 5.41) is 7.30. The lowest BCUT2D eigenvalue weighted by atomic mass is 10.1. The monoisotopic (exact) mass is 530 g/mol. The minimum absolute atomic E-state index is 0.289. The van der Waals surface area contributed by atoms with Crippen LogP contribution < -0.4 is 20.3 Å². The van der Waals surface area contributed by atoms with Crippen molar-refractivity contribution in [3.8, 4) is 11.4 Å². The van der Waals surface area contributed by atoms with Gasteiger partial charge in [-0.1, -0.05) is 13.5 Å². The van der Waals surface area contributed by atoms with E-state index in [4.69, 9.17) is 4.74 Å². The number of carbonyl (C=O) groups excluding carboxylic acids is 1. The zero-order valence-corrected chi connectivity index (χ0v) is 23.1. The molecular formula is C30H35FN6O2. The molecule has 204 valence electrons. The maximum absolute atomic E-state index is 14.1. The third kappa shape index (κ3) is 6.04. The number of benzene rings is 2. The molecule has 0 radical (unpaired) electrons. The van der Waals surface area contributed by atoms with Crippen LogP contribution in [-0.2, 0) is 11.2 Å². The van der Waals surface area contributed by atoms with Crippen LogP contribution in [0.25, 0.3) is 16.6 Å². The van der Waals surface area contributed by atoms with Gasteiger partial charge in [0.15, 0.2) is 0 Å². The number of nitrogens with zero attached hydrogens (tertiary/aromatic N) is 4. The summed E-state index contributed by atoms with van der Waals surface area (Å²) < 4.78 is 21.8. The van der Waals surface area contributed by atoms with Crippen molar-refractivity contribution in [3.05, 3.63) is 78.9 Å². The third-order valence-electron chi connectivity index (χ3n) is 6.61. The molecule has 0 aliphatic rings. The van der Waals surface area contributed by atoms with E-state index >= 15 is 0 Å². The molecule has 0 saturated heterocycles. The van der Waals surface area contributed by atoms with Crippen molar-refractivity contribution in [2.75, 3.05) is 56.9 Å². The van der Waals surface area contributed by atoms with Crippen LogP contribution in [0, 0.1) is 5.82 Å². The van der Waals surface area contributed by atoms with E-state index in [1.165, 1.54) is 18.2 Å². The van der Waals surface area contributed by atoms with Gasteiger partial charge in [-0.2, -0.15) is 0 Å². The predicted octanol–water partition coefficient (Wildman–Crippen LogP) is 5.60. The first-order valence-corrected chi connectivity index (χ1v) is 12.8. The Hall–Kier alpha value is -4.37. The Kier molecular flexibility index (Phi) is 8.51. The van der Waals surface area contributed by atoms with E-state index in [0.717, 1.165) is 40.9 Å². The zero-order chi connectivity index (χ0) is 28.1. The van der Waals surface area contributed by atoms with Crippen LogP contribution >= 0.6 is 0 Å². The van der Waals surface area contributed by atoms with E-state index < -0.39 is 0 Å². The summed E-state index contributed by atoms with van der Waals surface area (Å²) in [5.74, 6) is 0.638. The maximum Gasteiger partial charge on any atom is 0.247 e. The van der Waals surface area contributed by atoms with Crippen LogP contribution in [0.15, 0.2) is 67.5 Å². The standard InChI is InChI=1S/C30H35FN6O2/c1-7-22-25(37-14-12-20-9-10-21(31)17-26(20)37)11-13-32-30(22)34-24-18-23(33-29(38)8-2)27(19-28(24)39-6)36(5)16-15-35(3)4/h8-14,17-19H,2,7,15-16H2,1,3-6H3,(H,32,34)(H,33,38). The van der Waals surface area contributed by atoms with Gasteiger partial charge in [0.2, 0.25) is 5.91 Å². The molecule has 4 aromatic rings. The number of anilines is 4. The summed E-state index contributed by atoms with van der Waals surface area (Å²) in [4.78, 5) is 21.1. The molecule has 9 heteroatoms. The first-order chi connectivity index (χ1) is 18.7. The molecule has 0 aliphatic carbocycles. The second kappa shape index (κ2) is 12.0. The highest BCUT2D eigenvalue weighted by Crippen LogP contribution is 2.39. The Morgan fingerprint density at radius 2 is 1.92 bits per heavy atom. The minimum Gasteiger partial charge on any atom is -0.494 e. The Labute approximate surface area is 228 Å². The van der Waals surface area contributed by atoms with Gasteiger partial charge in [0.25, 0.3) is 0 Å². The smallest absolute Gasteiger partial charge is 0.247 e. The van der Waals surface area contributed by atoms with Gasteiger partial charge in [-0.25, -0.2) is 9.37 Å². The molecule has 0 unspecified atom stereocenters. The molecule has 8 nitrogen and oxygen atoms in total. The van der Waals surface area contributed by atoms with Gasteiger partial charge < -0.3 is 29.7 Å². The summed E-state index contributed by atoms with van der Waals surface area (Å²) in [6.45, 7) is 7.22. The average molecular weight is 531 g/mol. The first-order valence-electron chi connectivity index (χ1n) is 12.8. The largest absolute Gasteiger partial charge is 0.494 e. The number of carbonyl (C=O) groups is 1. The maximum atomic E-state index is 14.1. The molecule has 0 atom stereocenters. The number of aromatic nitrogens is 2. The Morgan fingerprint density at radius 1 is 1.13 bits per heavy atom. The Morgan fingerprint density at radius 3 is 2.62 bits per heavy atom. The number of fused-ring (bicyclic) bond motifs is 1. The number of rotatable bonds is 11. The second-order valence-corrected chi connectivity index (χ2v) is 9.51. The summed E-state index contributed by atoms with van der Waals surface area (Å²) in [6.07, 6.45) is 5.57. The van der Waals surface area contributed by atoms with Gasteiger partial charge >= 0.3 is 0 Å².